The van der Waals surface area contributed by atoms with Gasteiger partial charge >= 0.3 is 0 Å². The van der Waals surface area contributed by atoms with Crippen molar-refractivity contribution in [2.75, 3.05) is 33.2 Å². The average Bonchev–Trinajstić information content (AvgIpc) is 2.28. The third-order valence-corrected chi connectivity index (χ3v) is 2.11. The molecule has 77 valence electrons. The molecule has 0 bridgehead atoms. The van der Waals surface area contributed by atoms with E-state index in [-0.39, 0.29) is 6.49 Å². The van der Waals surface area contributed by atoms with Gasteiger partial charge in [-0.05, 0) is 31.9 Å². The third-order valence-electron chi connectivity index (χ3n) is 2.11. The summed E-state index contributed by atoms with van der Waals surface area (Å²) < 4.78 is 0. The van der Waals surface area contributed by atoms with E-state index in [1.54, 1.807) is 0 Å². The summed E-state index contributed by atoms with van der Waals surface area (Å²) in [7, 11) is 14.6. The Morgan fingerprint density at radius 3 is 2.69 bits per heavy atom. The Bertz CT molecular complexity index is 279. The van der Waals surface area contributed by atoms with Gasteiger partial charge in [0.15, 0.2) is 0 Å². The van der Waals surface area contributed by atoms with E-state index in [1.165, 1.54) is 7.06 Å². The Morgan fingerprint density at radius 2 is 2.19 bits per heavy atom. The molecule has 0 N–H and O–H groups in total. The molecular weight excluding hydrogens is 191 g/mol. The zero-order chi connectivity index (χ0) is 12.4. The average molecular weight is 206 g/mol. The van der Waals surface area contributed by atoms with Gasteiger partial charge in [-0.15, -0.1) is 6.42 Å². The van der Waals surface area contributed by atoms with Crippen molar-refractivity contribution in [3.63, 3.8) is 0 Å². The summed E-state index contributed by atoms with van der Waals surface area (Å²) in [5, 5.41) is 0. The summed E-state index contributed by atoms with van der Waals surface area (Å²) in [6.45, 7) is 4.38. The lowest BCUT2D eigenvalue weighted by atomic mass is 9.05. The van der Waals surface area contributed by atoms with Crippen LogP contribution < -0.4 is 0 Å². The molecular formula is C10H15B4N2. The van der Waals surface area contributed by atoms with E-state index in [0.29, 0.717) is 6.54 Å². The van der Waals surface area contributed by atoms with Gasteiger partial charge in [0.2, 0.25) is 0 Å². The van der Waals surface area contributed by atoms with Gasteiger partial charge in [-0.2, -0.15) is 0 Å². The Kier molecular flexibility index (Phi) is 9.10. The highest BCUT2D eigenvalue weighted by Crippen LogP contribution is 1.92. The summed E-state index contributed by atoms with van der Waals surface area (Å²) in [5.41, 5.74) is 0. The molecule has 0 atom stereocenters. The van der Waals surface area contributed by atoms with Crippen molar-refractivity contribution >= 4 is 29.0 Å². The molecule has 0 aliphatic rings. The molecule has 0 aliphatic heterocycles. The van der Waals surface area contributed by atoms with Gasteiger partial charge in [-0.1, -0.05) is 12.8 Å². The lowest BCUT2D eigenvalue weighted by Gasteiger charge is -2.27. The fourth-order valence-electron chi connectivity index (χ4n) is 1.26. The SMILES string of the molecule is [B][B]B([B])CN(CC)CN(C)CC#CC#C. The quantitative estimate of drug-likeness (QED) is 0.294. The van der Waals surface area contributed by atoms with Gasteiger partial charge < -0.3 is 0 Å². The van der Waals surface area contributed by atoms with E-state index in [4.69, 9.17) is 21.9 Å². The summed E-state index contributed by atoms with van der Waals surface area (Å²) in [4.78, 5) is 4.28. The number of hydrogen-bond donors (Lipinski definition) is 0. The van der Waals surface area contributed by atoms with E-state index >= 15 is 0 Å². The molecule has 5 radical (unpaired) electrons. The fraction of sp³-hybridized carbons (Fsp3) is 0.600. The van der Waals surface area contributed by atoms with Crippen molar-refractivity contribution in [1.29, 1.82) is 0 Å². The second-order valence-corrected chi connectivity index (χ2v) is 3.63. The molecule has 0 aromatic rings. The van der Waals surface area contributed by atoms with Crippen molar-refractivity contribution in [1.82, 2.24) is 9.80 Å². The van der Waals surface area contributed by atoms with Gasteiger partial charge in [0.05, 0.1) is 19.7 Å². The topological polar surface area (TPSA) is 6.48 Å². The minimum Gasteiger partial charge on any atom is -0.300 e. The van der Waals surface area contributed by atoms with E-state index in [0.717, 1.165) is 19.7 Å². The van der Waals surface area contributed by atoms with E-state index in [1.807, 2.05) is 7.05 Å². The lowest BCUT2D eigenvalue weighted by Crippen LogP contribution is -2.44. The normalized spacial score (nSPS) is 9.44. The fourth-order valence-corrected chi connectivity index (χ4v) is 1.26. The van der Waals surface area contributed by atoms with Gasteiger partial charge in [-0.3, -0.25) is 9.80 Å². The highest BCUT2D eigenvalue weighted by atomic mass is 15.3. The third kappa shape index (κ3) is 7.57. The molecule has 0 unspecified atom stereocenters. The summed E-state index contributed by atoms with van der Waals surface area (Å²) in [6, 6.07) is 0. The first-order valence-electron chi connectivity index (χ1n) is 5.29. The minimum absolute atomic E-state index is 0.0925. The zero-order valence-electron chi connectivity index (χ0n) is 10.1. The zero-order valence-corrected chi connectivity index (χ0v) is 10.1. The van der Waals surface area contributed by atoms with Crippen LogP contribution in [-0.2, 0) is 0 Å². The summed E-state index contributed by atoms with van der Waals surface area (Å²) in [5.74, 6) is 7.76. The van der Waals surface area contributed by atoms with Crippen LogP contribution in [0, 0.1) is 24.2 Å². The standard InChI is InChI=1S/C10H15B4N2/c1-4-6-7-8-15(3)10-16(5-2)9-14(12)13-11/h1H,5,8-10H2,2-3H3. The first kappa shape index (κ1) is 15.3. The van der Waals surface area contributed by atoms with Crippen molar-refractivity contribution in [2.45, 2.75) is 6.92 Å². The Labute approximate surface area is 104 Å². The highest BCUT2D eigenvalue weighted by Gasteiger charge is 2.10. The van der Waals surface area contributed by atoms with Crippen LogP contribution in [0.5, 0.6) is 0 Å². The van der Waals surface area contributed by atoms with Crippen LogP contribution in [-0.4, -0.2) is 72.1 Å². The van der Waals surface area contributed by atoms with E-state index < -0.39 is 0 Å². The minimum atomic E-state index is -0.0925. The van der Waals surface area contributed by atoms with Crippen LogP contribution in [0.1, 0.15) is 6.92 Å². The van der Waals surface area contributed by atoms with Crippen LogP contribution >= 0.6 is 0 Å². The molecule has 0 aliphatic carbocycles. The number of hydrogen-bond acceptors (Lipinski definition) is 2. The maximum Gasteiger partial charge on any atom is 0.0629 e. The summed E-state index contributed by atoms with van der Waals surface area (Å²) in [6.07, 6.45) is 5.79. The lowest BCUT2D eigenvalue weighted by molar-refractivity contribution is 0.196. The maximum atomic E-state index is 5.75. The van der Waals surface area contributed by atoms with Gasteiger partial charge in [0.25, 0.3) is 0 Å². The first-order valence-corrected chi connectivity index (χ1v) is 5.29. The van der Waals surface area contributed by atoms with E-state index in [2.05, 4.69) is 34.5 Å². The summed E-state index contributed by atoms with van der Waals surface area (Å²) >= 11 is 0. The Morgan fingerprint density at radius 1 is 1.50 bits per heavy atom. The predicted octanol–water partition coefficient (Wildman–Crippen LogP) is -1.18. The molecule has 0 amide bonds. The van der Waals surface area contributed by atoms with Gasteiger partial charge in [0.1, 0.15) is 0 Å². The molecule has 0 aromatic heterocycles. The largest absolute Gasteiger partial charge is 0.300 e. The second-order valence-electron chi connectivity index (χ2n) is 3.63. The van der Waals surface area contributed by atoms with Crippen molar-refractivity contribution in [2.24, 2.45) is 0 Å². The molecule has 0 rings (SSSR count). The Balaban J connectivity index is 3.97. The highest BCUT2D eigenvalue weighted by molar-refractivity contribution is 7.46. The van der Waals surface area contributed by atoms with Crippen LogP contribution in [0.2, 0.25) is 0 Å². The molecule has 0 saturated heterocycles. The molecule has 0 spiro atoms. The van der Waals surface area contributed by atoms with Crippen LogP contribution in [0.3, 0.4) is 0 Å². The van der Waals surface area contributed by atoms with Crippen LogP contribution in [0.15, 0.2) is 0 Å². The van der Waals surface area contributed by atoms with Crippen molar-refractivity contribution < 1.29 is 0 Å². The predicted molar refractivity (Wildman–Crippen MR) is 74.4 cm³/mol. The number of terminal acetylenes is 1. The smallest absolute Gasteiger partial charge is 0.0629 e. The van der Waals surface area contributed by atoms with Crippen molar-refractivity contribution in [3.8, 4) is 24.2 Å². The molecule has 0 fully saturated rings. The molecule has 0 aromatic carbocycles. The molecule has 16 heavy (non-hydrogen) atoms. The van der Waals surface area contributed by atoms with E-state index in [9.17, 15) is 0 Å². The van der Waals surface area contributed by atoms with Crippen LogP contribution in [0.25, 0.3) is 0 Å². The monoisotopic (exact) mass is 207 g/mol. The second kappa shape index (κ2) is 9.52. The van der Waals surface area contributed by atoms with Gasteiger partial charge in [0, 0.05) is 22.5 Å². The first-order chi connectivity index (χ1) is 7.63. The number of nitrogens with zero attached hydrogens (tertiary/aromatic N) is 2. The molecule has 0 heterocycles. The van der Waals surface area contributed by atoms with Crippen molar-refractivity contribution in [3.05, 3.63) is 0 Å². The molecule has 0 saturated carbocycles. The molecule has 2 nitrogen and oxygen atoms in total. The molecule has 6 heteroatoms. The van der Waals surface area contributed by atoms with Gasteiger partial charge in [-0.25, -0.2) is 0 Å². The maximum absolute atomic E-state index is 5.75. The Hall–Kier alpha value is -0.700. The van der Waals surface area contributed by atoms with Crippen LogP contribution in [0.4, 0.5) is 0 Å². The number of rotatable bonds is 7.